The Bertz CT molecular complexity index is 1040. The predicted molar refractivity (Wildman–Crippen MR) is 127 cm³/mol. The zero-order valence-electron chi connectivity index (χ0n) is 16.7. The highest BCUT2D eigenvalue weighted by Crippen LogP contribution is 2.34. The van der Waals surface area contributed by atoms with E-state index in [0.29, 0.717) is 18.1 Å². The monoisotopic (exact) mass is 515 g/mol. The fourth-order valence-electron chi connectivity index (χ4n) is 2.71. The highest BCUT2D eigenvalue weighted by atomic mass is 127. The van der Waals surface area contributed by atoms with E-state index in [1.54, 1.807) is 13.3 Å². The summed E-state index contributed by atoms with van der Waals surface area (Å²) in [5, 5.41) is 6.78. The van der Waals surface area contributed by atoms with Crippen LogP contribution in [0.3, 0.4) is 0 Å². The zero-order valence-corrected chi connectivity index (χ0v) is 18.8. The second kappa shape index (κ2) is 10.6. The Hall–Kier alpha value is -3.07. The minimum Gasteiger partial charge on any atom is -0.493 e. The lowest BCUT2D eigenvalue weighted by atomic mass is 10.2. The SMILES string of the molecule is COc1cc(C=NNC(=O)Nc2ccccc2C)cc(I)c1OCc1ccccc1. The van der Waals surface area contributed by atoms with Crippen molar-refractivity contribution in [2.24, 2.45) is 5.10 Å². The topological polar surface area (TPSA) is 72.0 Å². The third-order valence-corrected chi connectivity index (χ3v) is 5.05. The molecule has 0 aliphatic carbocycles. The molecule has 154 valence electrons. The number of nitrogens with zero attached hydrogens (tertiary/aromatic N) is 1. The molecule has 0 radical (unpaired) electrons. The van der Waals surface area contributed by atoms with E-state index in [-0.39, 0.29) is 0 Å². The van der Waals surface area contributed by atoms with Gasteiger partial charge >= 0.3 is 6.03 Å². The van der Waals surface area contributed by atoms with Crippen LogP contribution in [-0.2, 0) is 6.61 Å². The molecule has 0 saturated carbocycles. The number of carbonyl (C=O) groups is 1. The van der Waals surface area contributed by atoms with Gasteiger partial charge in [-0.25, -0.2) is 10.2 Å². The molecule has 0 aliphatic rings. The Morgan fingerprint density at radius 1 is 1.10 bits per heavy atom. The first-order valence-corrected chi connectivity index (χ1v) is 10.3. The average Bonchev–Trinajstić information content (AvgIpc) is 2.75. The van der Waals surface area contributed by atoms with Gasteiger partial charge in [0.2, 0.25) is 0 Å². The normalized spacial score (nSPS) is 10.6. The minimum absolute atomic E-state index is 0.412. The lowest BCUT2D eigenvalue weighted by Crippen LogP contribution is -2.24. The van der Waals surface area contributed by atoms with Gasteiger partial charge in [-0.3, -0.25) is 0 Å². The van der Waals surface area contributed by atoms with Crippen molar-refractivity contribution in [1.82, 2.24) is 5.43 Å². The number of para-hydroxylation sites is 1. The Balaban J connectivity index is 1.64. The summed E-state index contributed by atoms with van der Waals surface area (Å²) in [5.74, 6) is 1.27. The van der Waals surface area contributed by atoms with Crippen LogP contribution in [-0.4, -0.2) is 19.4 Å². The van der Waals surface area contributed by atoms with E-state index in [0.717, 1.165) is 25.9 Å². The van der Waals surface area contributed by atoms with Crippen LogP contribution >= 0.6 is 22.6 Å². The summed E-state index contributed by atoms with van der Waals surface area (Å²) < 4.78 is 12.3. The van der Waals surface area contributed by atoms with E-state index in [2.05, 4.69) is 38.4 Å². The van der Waals surface area contributed by atoms with E-state index in [4.69, 9.17) is 9.47 Å². The predicted octanol–water partition coefficient (Wildman–Crippen LogP) is 5.34. The van der Waals surface area contributed by atoms with Crippen LogP contribution in [0, 0.1) is 10.5 Å². The van der Waals surface area contributed by atoms with Gasteiger partial charge in [0, 0.05) is 5.69 Å². The van der Waals surface area contributed by atoms with Gasteiger partial charge in [0.15, 0.2) is 11.5 Å². The molecule has 0 atom stereocenters. The van der Waals surface area contributed by atoms with Gasteiger partial charge in [-0.15, -0.1) is 0 Å². The number of urea groups is 1. The summed E-state index contributed by atoms with van der Waals surface area (Å²) in [6, 6.07) is 20.8. The average molecular weight is 515 g/mol. The highest BCUT2D eigenvalue weighted by Gasteiger charge is 2.11. The van der Waals surface area contributed by atoms with Crippen LogP contribution < -0.4 is 20.2 Å². The molecule has 3 rings (SSSR count). The molecule has 6 nitrogen and oxygen atoms in total. The Morgan fingerprint density at radius 3 is 2.57 bits per heavy atom. The molecule has 0 unspecified atom stereocenters. The number of benzene rings is 3. The van der Waals surface area contributed by atoms with Crippen molar-refractivity contribution in [3.8, 4) is 11.5 Å². The smallest absolute Gasteiger partial charge is 0.339 e. The van der Waals surface area contributed by atoms with E-state index in [1.807, 2.05) is 73.7 Å². The molecule has 3 aromatic rings. The molecule has 0 aliphatic heterocycles. The van der Waals surface area contributed by atoms with Crippen molar-refractivity contribution in [2.45, 2.75) is 13.5 Å². The van der Waals surface area contributed by atoms with Crippen LogP contribution in [0.25, 0.3) is 0 Å². The first kappa shape index (κ1) is 21.6. The van der Waals surface area contributed by atoms with Crippen LogP contribution in [0.1, 0.15) is 16.7 Å². The number of hydrazone groups is 1. The summed E-state index contributed by atoms with van der Waals surface area (Å²) in [6.45, 7) is 2.37. The zero-order chi connectivity index (χ0) is 21.3. The Labute approximate surface area is 189 Å². The van der Waals surface area contributed by atoms with Gasteiger partial charge in [-0.2, -0.15) is 5.10 Å². The first-order chi connectivity index (χ1) is 14.6. The van der Waals surface area contributed by atoms with Crippen molar-refractivity contribution in [2.75, 3.05) is 12.4 Å². The third kappa shape index (κ3) is 5.96. The van der Waals surface area contributed by atoms with Gasteiger partial charge < -0.3 is 14.8 Å². The summed E-state index contributed by atoms with van der Waals surface area (Å²) >= 11 is 2.20. The van der Waals surface area contributed by atoms with Crippen LogP contribution in [0.2, 0.25) is 0 Å². The summed E-state index contributed by atoms with van der Waals surface area (Å²) in [4.78, 5) is 12.0. The molecule has 0 spiro atoms. The molecule has 0 fully saturated rings. The lowest BCUT2D eigenvalue weighted by Gasteiger charge is -2.13. The molecule has 30 heavy (non-hydrogen) atoms. The van der Waals surface area contributed by atoms with Crippen molar-refractivity contribution >= 4 is 40.5 Å². The minimum atomic E-state index is -0.412. The molecular weight excluding hydrogens is 493 g/mol. The van der Waals surface area contributed by atoms with Gasteiger partial charge in [0.05, 0.1) is 16.9 Å². The second-order valence-electron chi connectivity index (χ2n) is 6.45. The number of ether oxygens (including phenoxy) is 2. The van der Waals surface area contributed by atoms with Gasteiger partial charge in [-0.1, -0.05) is 48.5 Å². The highest BCUT2D eigenvalue weighted by molar-refractivity contribution is 14.1. The molecule has 2 N–H and O–H groups in total. The van der Waals surface area contributed by atoms with Crippen molar-refractivity contribution in [3.05, 3.63) is 87.0 Å². The number of methoxy groups -OCH3 is 1. The standard InChI is InChI=1S/C23H22IN3O3/c1-16-8-6-7-11-20(16)26-23(28)27-25-14-18-12-19(24)22(21(13-18)29-2)30-15-17-9-4-3-5-10-17/h3-14H,15H2,1-2H3,(H2,26,27,28). The van der Waals surface area contributed by atoms with E-state index in [1.165, 1.54) is 0 Å². The van der Waals surface area contributed by atoms with Crippen molar-refractivity contribution in [3.63, 3.8) is 0 Å². The fraction of sp³-hybridized carbons (Fsp3) is 0.130. The number of nitrogens with one attached hydrogen (secondary N) is 2. The lowest BCUT2D eigenvalue weighted by molar-refractivity contribution is 0.252. The molecular formula is C23H22IN3O3. The van der Waals surface area contributed by atoms with Crippen molar-refractivity contribution < 1.29 is 14.3 Å². The number of hydrogen-bond acceptors (Lipinski definition) is 4. The number of rotatable bonds is 7. The molecule has 3 aromatic carbocycles. The number of aryl methyl sites for hydroxylation is 1. The number of anilines is 1. The van der Waals surface area contributed by atoms with Gasteiger partial charge in [-0.05, 0) is 64.4 Å². The Morgan fingerprint density at radius 2 is 1.83 bits per heavy atom. The molecule has 0 heterocycles. The van der Waals surface area contributed by atoms with Crippen LogP contribution in [0.5, 0.6) is 11.5 Å². The largest absolute Gasteiger partial charge is 0.493 e. The molecule has 7 heteroatoms. The molecule has 0 bridgehead atoms. The number of halogens is 1. The van der Waals surface area contributed by atoms with Gasteiger partial charge in [0.1, 0.15) is 6.61 Å². The molecule has 2 amide bonds. The first-order valence-electron chi connectivity index (χ1n) is 9.27. The maximum atomic E-state index is 12.0. The third-order valence-electron chi connectivity index (χ3n) is 4.25. The summed E-state index contributed by atoms with van der Waals surface area (Å²) in [6.07, 6.45) is 1.56. The number of carbonyl (C=O) groups excluding carboxylic acids is 1. The van der Waals surface area contributed by atoms with Crippen LogP contribution in [0.15, 0.2) is 71.8 Å². The van der Waals surface area contributed by atoms with Gasteiger partial charge in [0.25, 0.3) is 0 Å². The fourth-order valence-corrected chi connectivity index (χ4v) is 3.49. The quantitative estimate of drug-likeness (QED) is 0.254. The van der Waals surface area contributed by atoms with E-state index >= 15 is 0 Å². The van der Waals surface area contributed by atoms with Crippen LogP contribution in [0.4, 0.5) is 10.5 Å². The number of amides is 2. The maximum absolute atomic E-state index is 12.0. The molecule has 0 saturated heterocycles. The summed E-state index contributed by atoms with van der Waals surface area (Å²) in [7, 11) is 1.59. The van der Waals surface area contributed by atoms with E-state index < -0.39 is 6.03 Å². The number of hydrogen-bond donors (Lipinski definition) is 2. The Kier molecular flexibility index (Phi) is 7.67. The maximum Gasteiger partial charge on any atom is 0.339 e. The van der Waals surface area contributed by atoms with Crippen molar-refractivity contribution in [1.29, 1.82) is 0 Å². The summed E-state index contributed by atoms with van der Waals surface area (Å²) in [5.41, 5.74) is 6.03. The molecule has 0 aromatic heterocycles. The second-order valence-corrected chi connectivity index (χ2v) is 7.61. The van der Waals surface area contributed by atoms with E-state index in [9.17, 15) is 4.79 Å².